The van der Waals surface area contributed by atoms with Gasteiger partial charge in [-0.2, -0.15) is 0 Å². The number of carbonyl (C=O) groups is 2. The quantitative estimate of drug-likeness (QED) is 0.572. The highest BCUT2D eigenvalue weighted by Crippen LogP contribution is 2.13. The van der Waals surface area contributed by atoms with Gasteiger partial charge in [-0.15, -0.1) is 0 Å². The van der Waals surface area contributed by atoms with Gasteiger partial charge in [-0.3, -0.25) is 9.59 Å². The third kappa shape index (κ3) is 1.29. The van der Waals surface area contributed by atoms with Crippen LogP contribution in [-0.4, -0.2) is 23.4 Å². The van der Waals surface area contributed by atoms with Crippen molar-refractivity contribution < 1.29 is 9.59 Å². The molecule has 2 unspecified atom stereocenters. The molecule has 1 saturated heterocycles. The van der Waals surface area contributed by atoms with Gasteiger partial charge in [-0.25, -0.2) is 0 Å². The first-order valence-corrected chi connectivity index (χ1v) is 4.12. The second-order valence-electron chi connectivity index (χ2n) is 3.37. The molecule has 0 radical (unpaired) electrons. The van der Waals surface area contributed by atoms with Crippen LogP contribution in [0, 0.1) is 0 Å². The van der Waals surface area contributed by atoms with Crippen LogP contribution in [0.5, 0.6) is 0 Å². The van der Waals surface area contributed by atoms with Crippen molar-refractivity contribution >= 4 is 11.8 Å². The van der Waals surface area contributed by atoms with Gasteiger partial charge in [0, 0.05) is 0 Å². The van der Waals surface area contributed by atoms with E-state index in [9.17, 15) is 9.59 Å². The first kappa shape index (κ1) is 9.03. The molecule has 68 valence electrons. The molecule has 0 saturated carbocycles. The lowest BCUT2D eigenvalue weighted by Gasteiger charge is -2.35. The summed E-state index contributed by atoms with van der Waals surface area (Å²) in [5.74, 6) is -0.212. The Kier molecular flexibility index (Phi) is 2.08. The van der Waals surface area contributed by atoms with Gasteiger partial charge in [-0.1, -0.05) is 6.92 Å². The fourth-order valence-electron chi connectivity index (χ4n) is 1.11. The zero-order chi connectivity index (χ0) is 9.35. The fourth-order valence-corrected chi connectivity index (χ4v) is 1.11. The van der Waals surface area contributed by atoms with E-state index in [1.807, 2.05) is 6.92 Å². The van der Waals surface area contributed by atoms with Gasteiger partial charge >= 0.3 is 0 Å². The Morgan fingerprint density at radius 3 is 2.58 bits per heavy atom. The molecule has 1 heterocycles. The lowest BCUT2D eigenvalue weighted by molar-refractivity contribution is -0.140. The van der Waals surface area contributed by atoms with Crippen molar-refractivity contribution in [2.24, 2.45) is 0 Å². The molecule has 4 heteroatoms. The molecule has 2 amide bonds. The maximum atomic E-state index is 11.4. The highest BCUT2D eigenvalue weighted by molar-refractivity contribution is 5.99. The molecule has 1 rings (SSSR count). The molecular weight excluding hydrogens is 156 g/mol. The highest BCUT2D eigenvalue weighted by Gasteiger charge is 2.39. The van der Waals surface area contributed by atoms with E-state index in [1.54, 1.807) is 13.8 Å². The number of amides is 2. The van der Waals surface area contributed by atoms with Crippen LogP contribution >= 0.6 is 0 Å². The molecule has 0 aromatic heterocycles. The lowest BCUT2D eigenvalue weighted by atomic mass is 9.94. The fraction of sp³-hybridized carbons (Fsp3) is 0.750. The van der Waals surface area contributed by atoms with Gasteiger partial charge in [0.2, 0.25) is 11.8 Å². The summed E-state index contributed by atoms with van der Waals surface area (Å²) in [6.45, 7) is 5.27. The third-order valence-corrected chi connectivity index (χ3v) is 2.35. The molecule has 0 spiro atoms. The minimum absolute atomic E-state index is 0.0999. The maximum Gasteiger partial charge on any atom is 0.246 e. The first-order chi connectivity index (χ1) is 5.49. The Balaban J connectivity index is 2.81. The number of carbonyl (C=O) groups excluding carboxylic acids is 2. The van der Waals surface area contributed by atoms with E-state index in [2.05, 4.69) is 10.6 Å². The number of hydrogen-bond acceptors (Lipinski definition) is 2. The van der Waals surface area contributed by atoms with E-state index in [0.29, 0.717) is 6.42 Å². The molecule has 0 aliphatic carbocycles. The van der Waals surface area contributed by atoms with E-state index in [0.717, 1.165) is 0 Å². The van der Waals surface area contributed by atoms with Gasteiger partial charge in [-0.05, 0) is 20.3 Å². The molecule has 0 aromatic carbocycles. The van der Waals surface area contributed by atoms with E-state index in [1.165, 1.54) is 0 Å². The summed E-state index contributed by atoms with van der Waals surface area (Å²) >= 11 is 0. The van der Waals surface area contributed by atoms with Crippen LogP contribution in [0.15, 0.2) is 0 Å². The van der Waals surface area contributed by atoms with Crippen molar-refractivity contribution in [2.75, 3.05) is 0 Å². The Bertz CT molecular complexity index is 227. The van der Waals surface area contributed by atoms with Crippen LogP contribution in [0.1, 0.15) is 27.2 Å². The van der Waals surface area contributed by atoms with Crippen molar-refractivity contribution in [3.05, 3.63) is 0 Å². The van der Waals surface area contributed by atoms with Gasteiger partial charge in [0.25, 0.3) is 0 Å². The van der Waals surface area contributed by atoms with Crippen LogP contribution < -0.4 is 10.6 Å². The van der Waals surface area contributed by atoms with Crippen molar-refractivity contribution in [1.82, 2.24) is 10.6 Å². The topological polar surface area (TPSA) is 58.2 Å². The van der Waals surface area contributed by atoms with Crippen molar-refractivity contribution in [3.8, 4) is 0 Å². The number of rotatable bonds is 1. The number of piperazine rings is 1. The Morgan fingerprint density at radius 1 is 1.50 bits per heavy atom. The summed E-state index contributed by atoms with van der Waals surface area (Å²) in [5.41, 5.74) is -0.719. The lowest BCUT2D eigenvalue weighted by Crippen LogP contribution is -2.67. The summed E-state index contributed by atoms with van der Waals surface area (Å²) in [6.07, 6.45) is 0.608. The normalized spacial score (nSPS) is 35.8. The molecule has 1 fully saturated rings. The molecule has 12 heavy (non-hydrogen) atoms. The predicted molar refractivity (Wildman–Crippen MR) is 44.4 cm³/mol. The average Bonchev–Trinajstić information content (AvgIpc) is 2.01. The first-order valence-electron chi connectivity index (χ1n) is 4.12. The van der Waals surface area contributed by atoms with Crippen LogP contribution in [-0.2, 0) is 9.59 Å². The van der Waals surface area contributed by atoms with Crippen molar-refractivity contribution in [1.29, 1.82) is 0 Å². The second-order valence-corrected chi connectivity index (χ2v) is 3.37. The third-order valence-electron chi connectivity index (χ3n) is 2.35. The van der Waals surface area contributed by atoms with Crippen molar-refractivity contribution in [3.63, 3.8) is 0 Å². The largest absolute Gasteiger partial charge is 0.343 e. The molecule has 2 atom stereocenters. The summed E-state index contributed by atoms with van der Waals surface area (Å²) in [4.78, 5) is 22.6. The molecule has 0 aromatic rings. The SMILES string of the molecule is CCC1(C)NC(=O)C(C)NC1=O. The molecule has 1 aliphatic rings. The molecule has 1 aliphatic heterocycles. The molecule has 2 N–H and O–H groups in total. The summed E-state index contributed by atoms with van der Waals surface area (Å²) in [7, 11) is 0. The number of nitrogens with one attached hydrogen (secondary N) is 2. The van der Waals surface area contributed by atoms with Gasteiger partial charge < -0.3 is 10.6 Å². The Labute approximate surface area is 71.7 Å². The molecular formula is C8H14N2O2. The standard InChI is InChI=1S/C8H14N2O2/c1-4-8(3)7(12)9-5(2)6(11)10-8/h5H,4H2,1-3H3,(H,9,12)(H,10,11). The van der Waals surface area contributed by atoms with E-state index in [4.69, 9.17) is 0 Å². The minimum Gasteiger partial charge on any atom is -0.343 e. The van der Waals surface area contributed by atoms with Gasteiger partial charge in [0.05, 0.1) is 0 Å². The second kappa shape index (κ2) is 2.77. The average molecular weight is 170 g/mol. The summed E-state index contributed by atoms with van der Waals surface area (Å²) < 4.78 is 0. The molecule has 0 bridgehead atoms. The van der Waals surface area contributed by atoms with E-state index >= 15 is 0 Å². The maximum absolute atomic E-state index is 11.4. The predicted octanol–water partition coefficient (Wildman–Crippen LogP) is -0.210. The van der Waals surface area contributed by atoms with Crippen LogP contribution in [0.4, 0.5) is 0 Å². The number of hydrogen-bond donors (Lipinski definition) is 2. The van der Waals surface area contributed by atoms with Gasteiger partial charge in [0.1, 0.15) is 11.6 Å². The summed E-state index contributed by atoms with van der Waals surface area (Å²) in [5, 5.41) is 5.31. The van der Waals surface area contributed by atoms with Crippen LogP contribution in [0.2, 0.25) is 0 Å². The van der Waals surface area contributed by atoms with Crippen molar-refractivity contribution in [2.45, 2.75) is 38.8 Å². The van der Waals surface area contributed by atoms with Crippen LogP contribution in [0.25, 0.3) is 0 Å². The summed E-state index contributed by atoms with van der Waals surface area (Å²) in [6, 6.07) is -0.405. The van der Waals surface area contributed by atoms with Gasteiger partial charge in [0.15, 0.2) is 0 Å². The highest BCUT2D eigenvalue weighted by atomic mass is 16.2. The minimum atomic E-state index is -0.719. The Hall–Kier alpha value is -1.06. The molecule has 4 nitrogen and oxygen atoms in total. The Morgan fingerprint density at radius 2 is 2.08 bits per heavy atom. The monoisotopic (exact) mass is 170 g/mol. The van der Waals surface area contributed by atoms with Crippen LogP contribution in [0.3, 0.4) is 0 Å². The van der Waals surface area contributed by atoms with E-state index in [-0.39, 0.29) is 11.8 Å². The smallest absolute Gasteiger partial charge is 0.246 e. The zero-order valence-corrected chi connectivity index (χ0v) is 7.60. The zero-order valence-electron chi connectivity index (χ0n) is 7.60. The van der Waals surface area contributed by atoms with E-state index < -0.39 is 11.6 Å².